The van der Waals surface area contributed by atoms with Gasteiger partial charge in [0.2, 0.25) is 0 Å². The smallest absolute Gasteiger partial charge is 0.126 e. The molecule has 7 N–H and O–H groups in total. The molecule has 0 saturated heterocycles. The first-order chi connectivity index (χ1) is 9.90. The highest BCUT2D eigenvalue weighted by Crippen LogP contribution is 2.16. The molecule has 0 fully saturated rings. The number of aliphatic hydroxyl groups excluding tert-OH is 7. The second kappa shape index (κ2) is 8.29. The molecule has 0 spiro atoms. The normalized spacial score (nSPS) is 18.8. The fraction of sp³-hybridized carbons (Fsp3) is 0.667. The van der Waals surface area contributed by atoms with Gasteiger partial charge >= 0.3 is 0 Å². The van der Waals surface area contributed by atoms with Gasteiger partial charge in [-0.2, -0.15) is 0 Å². The molecular weight excluding hydrogens is 284 g/mol. The van der Waals surface area contributed by atoms with Crippen LogP contribution in [0.3, 0.4) is 0 Å². The van der Waals surface area contributed by atoms with Crippen LogP contribution in [0.25, 0.3) is 0 Å². The Labute approximate surface area is 120 Å². The van der Waals surface area contributed by atoms with E-state index >= 15 is 0 Å². The van der Waals surface area contributed by atoms with E-state index in [-0.39, 0.29) is 12.1 Å². The van der Waals surface area contributed by atoms with E-state index in [0.29, 0.717) is 5.69 Å². The fourth-order valence-corrected chi connectivity index (χ4v) is 1.59. The van der Waals surface area contributed by atoms with Gasteiger partial charge in [0, 0.05) is 12.6 Å². The summed E-state index contributed by atoms with van der Waals surface area (Å²) < 4.78 is 0. The van der Waals surface area contributed by atoms with Gasteiger partial charge in [0.05, 0.1) is 36.9 Å². The maximum atomic E-state index is 9.74. The van der Waals surface area contributed by atoms with Crippen molar-refractivity contribution in [1.82, 2.24) is 9.97 Å². The highest BCUT2D eigenvalue weighted by atomic mass is 16.4. The van der Waals surface area contributed by atoms with Gasteiger partial charge in [-0.15, -0.1) is 0 Å². The predicted molar refractivity (Wildman–Crippen MR) is 68.9 cm³/mol. The van der Waals surface area contributed by atoms with Crippen molar-refractivity contribution in [2.24, 2.45) is 0 Å². The van der Waals surface area contributed by atoms with Crippen LogP contribution in [0.15, 0.2) is 12.4 Å². The number of hydrogen-bond acceptors (Lipinski definition) is 9. The molecule has 5 atom stereocenters. The van der Waals surface area contributed by atoms with E-state index in [0.717, 1.165) is 6.20 Å². The van der Waals surface area contributed by atoms with E-state index < -0.39 is 43.7 Å². The van der Waals surface area contributed by atoms with Crippen molar-refractivity contribution in [3.05, 3.63) is 23.8 Å². The van der Waals surface area contributed by atoms with Crippen LogP contribution in [0.5, 0.6) is 0 Å². The van der Waals surface area contributed by atoms with Gasteiger partial charge < -0.3 is 35.7 Å². The standard InChI is InChI=1S/C12H20N2O7/c15-4-9(18)8(17)1-6-2-14-7(3-13-6)11(20)12(21)10(19)5-16/h2-3,8-12,15-21H,1,4-5H2/t8-,9+,10+,11+,12+/m1/s1. The molecule has 1 aromatic heterocycles. The van der Waals surface area contributed by atoms with Crippen molar-refractivity contribution in [2.75, 3.05) is 13.2 Å². The van der Waals surface area contributed by atoms with E-state index in [9.17, 15) is 25.5 Å². The average molecular weight is 304 g/mol. The SMILES string of the molecule is OC[C@H](O)[C@H](O)[C@@H](O)c1cnc(C[C@@H](O)[C@@H](O)CO)cn1. The van der Waals surface area contributed by atoms with Crippen molar-refractivity contribution in [3.8, 4) is 0 Å². The second-order valence-corrected chi connectivity index (χ2v) is 4.64. The second-order valence-electron chi connectivity index (χ2n) is 4.64. The van der Waals surface area contributed by atoms with Gasteiger partial charge in [-0.25, -0.2) is 0 Å². The summed E-state index contributed by atoms with van der Waals surface area (Å²) in [6.07, 6.45) is -4.83. The third-order valence-electron chi connectivity index (χ3n) is 2.98. The molecule has 1 heterocycles. The minimum atomic E-state index is -1.61. The Morgan fingerprint density at radius 1 is 0.810 bits per heavy atom. The number of aromatic nitrogens is 2. The van der Waals surface area contributed by atoms with E-state index in [2.05, 4.69) is 9.97 Å². The lowest BCUT2D eigenvalue weighted by molar-refractivity contribution is -0.0790. The fourth-order valence-electron chi connectivity index (χ4n) is 1.59. The summed E-state index contributed by atoms with van der Waals surface area (Å²) in [6.45, 7) is -1.30. The third kappa shape index (κ3) is 4.93. The first-order valence-electron chi connectivity index (χ1n) is 6.33. The van der Waals surface area contributed by atoms with Gasteiger partial charge in [0.15, 0.2) is 0 Å². The average Bonchev–Trinajstić information content (AvgIpc) is 2.52. The van der Waals surface area contributed by atoms with Gasteiger partial charge in [-0.05, 0) is 0 Å². The Hall–Kier alpha value is -1.20. The minimum Gasteiger partial charge on any atom is -0.394 e. The summed E-state index contributed by atoms with van der Waals surface area (Å²) in [5.41, 5.74) is 0.291. The molecule has 0 bridgehead atoms. The van der Waals surface area contributed by atoms with E-state index in [1.54, 1.807) is 0 Å². The van der Waals surface area contributed by atoms with Crippen molar-refractivity contribution < 1.29 is 35.7 Å². The van der Waals surface area contributed by atoms with Crippen LogP contribution in [0.1, 0.15) is 17.5 Å². The van der Waals surface area contributed by atoms with E-state index in [1.807, 2.05) is 0 Å². The van der Waals surface area contributed by atoms with Crippen LogP contribution in [0.2, 0.25) is 0 Å². The lowest BCUT2D eigenvalue weighted by Crippen LogP contribution is -2.35. The Morgan fingerprint density at radius 3 is 1.90 bits per heavy atom. The predicted octanol–water partition coefficient (Wildman–Crippen LogP) is -3.52. The van der Waals surface area contributed by atoms with Crippen LogP contribution in [-0.4, -0.2) is 83.3 Å². The summed E-state index contributed by atoms with van der Waals surface area (Å²) in [7, 11) is 0. The van der Waals surface area contributed by atoms with Gasteiger partial charge in [-0.3, -0.25) is 9.97 Å². The number of aliphatic hydroxyl groups is 7. The van der Waals surface area contributed by atoms with Crippen LogP contribution in [-0.2, 0) is 6.42 Å². The molecule has 0 aliphatic heterocycles. The monoisotopic (exact) mass is 304 g/mol. The Bertz CT molecular complexity index is 417. The molecule has 9 heteroatoms. The zero-order chi connectivity index (χ0) is 16.0. The molecule has 1 aromatic rings. The minimum absolute atomic E-state index is 0.0176. The quantitative estimate of drug-likeness (QED) is 0.257. The van der Waals surface area contributed by atoms with Gasteiger partial charge in [-0.1, -0.05) is 0 Å². The highest BCUT2D eigenvalue weighted by molar-refractivity contribution is 5.08. The maximum absolute atomic E-state index is 9.74. The first kappa shape index (κ1) is 17.9. The molecule has 21 heavy (non-hydrogen) atoms. The maximum Gasteiger partial charge on any atom is 0.126 e. The van der Waals surface area contributed by atoms with Crippen molar-refractivity contribution in [1.29, 1.82) is 0 Å². The lowest BCUT2D eigenvalue weighted by atomic mass is 10.1. The summed E-state index contributed by atoms with van der Waals surface area (Å²) in [6, 6.07) is 0. The highest BCUT2D eigenvalue weighted by Gasteiger charge is 2.26. The lowest BCUT2D eigenvalue weighted by Gasteiger charge is -2.21. The molecule has 0 aromatic carbocycles. The summed E-state index contributed by atoms with van der Waals surface area (Å²) >= 11 is 0. The largest absolute Gasteiger partial charge is 0.394 e. The van der Waals surface area contributed by atoms with Gasteiger partial charge in [0.1, 0.15) is 24.4 Å². The zero-order valence-electron chi connectivity index (χ0n) is 11.2. The van der Waals surface area contributed by atoms with E-state index in [1.165, 1.54) is 6.20 Å². The molecule has 1 rings (SSSR count). The van der Waals surface area contributed by atoms with Crippen LogP contribution >= 0.6 is 0 Å². The van der Waals surface area contributed by atoms with Crippen molar-refractivity contribution in [3.63, 3.8) is 0 Å². The number of hydrogen-bond donors (Lipinski definition) is 7. The molecule has 0 radical (unpaired) electrons. The molecule has 120 valence electrons. The van der Waals surface area contributed by atoms with Crippen LogP contribution in [0.4, 0.5) is 0 Å². The van der Waals surface area contributed by atoms with E-state index in [4.69, 9.17) is 10.2 Å². The van der Waals surface area contributed by atoms with Crippen molar-refractivity contribution >= 4 is 0 Å². The van der Waals surface area contributed by atoms with Crippen LogP contribution in [0, 0.1) is 0 Å². The molecule has 9 nitrogen and oxygen atoms in total. The summed E-state index contributed by atoms with van der Waals surface area (Å²) in [5, 5.41) is 64.6. The molecule has 0 amide bonds. The molecule has 0 aliphatic rings. The Balaban J connectivity index is 2.69. The van der Waals surface area contributed by atoms with Crippen LogP contribution < -0.4 is 0 Å². The van der Waals surface area contributed by atoms with Gasteiger partial charge in [0.25, 0.3) is 0 Å². The summed E-state index contributed by atoms with van der Waals surface area (Å²) in [5.74, 6) is 0. The topological polar surface area (TPSA) is 167 Å². The molecular formula is C12H20N2O7. The Morgan fingerprint density at radius 2 is 1.43 bits per heavy atom. The third-order valence-corrected chi connectivity index (χ3v) is 2.98. The number of nitrogens with zero attached hydrogens (tertiary/aromatic N) is 2. The molecule has 0 unspecified atom stereocenters. The number of rotatable bonds is 8. The van der Waals surface area contributed by atoms with Crippen molar-refractivity contribution in [2.45, 2.75) is 36.9 Å². The zero-order valence-corrected chi connectivity index (χ0v) is 11.2. The molecule has 0 aliphatic carbocycles. The molecule has 0 saturated carbocycles. The summed E-state index contributed by atoms with van der Waals surface area (Å²) in [4.78, 5) is 7.73. The first-order valence-corrected chi connectivity index (χ1v) is 6.33. The Kier molecular flexibility index (Phi) is 7.05.